The third kappa shape index (κ3) is 4.09. The molecular formula is C13H20FN3O. The summed E-state index contributed by atoms with van der Waals surface area (Å²) in [5, 5.41) is 16.2. The quantitative estimate of drug-likeness (QED) is 0.507. The highest BCUT2D eigenvalue weighted by molar-refractivity contribution is 5.94. The molecule has 0 saturated heterocycles. The predicted octanol–water partition coefficient (Wildman–Crippen LogP) is 1.31. The average molecular weight is 253 g/mol. The Labute approximate surface area is 107 Å². The molecule has 0 aliphatic heterocycles. The summed E-state index contributed by atoms with van der Waals surface area (Å²) in [6.07, 6.45) is 0.952. The van der Waals surface area contributed by atoms with E-state index in [1.165, 1.54) is 6.07 Å². The van der Waals surface area contributed by atoms with Crippen molar-refractivity contribution >= 4 is 5.84 Å². The number of hydrogen-bond donors (Lipinski definition) is 3. The Bertz CT molecular complexity index is 403. The van der Waals surface area contributed by atoms with Gasteiger partial charge in [0, 0.05) is 24.2 Å². The summed E-state index contributed by atoms with van der Waals surface area (Å²) in [5.74, 6) is -0.497. The highest BCUT2D eigenvalue weighted by Crippen LogP contribution is 2.13. The zero-order chi connectivity index (χ0) is 13.5. The van der Waals surface area contributed by atoms with Crippen molar-refractivity contribution in [2.24, 2.45) is 5.73 Å². The first kappa shape index (κ1) is 14.6. The molecule has 18 heavy (non-hydrogen) atoms. The number of aliphatic hydroxyl groups excluding tert-OH is 1. The van der Waals surface area contributed by atoms with Crippen molar-refractivity contribution in [3.63, 3.8) is 0 Å². The zero-order valence-electron chi connectivity index (χ0n) is 10.6. The van der Waals surface area contributed by atoms with E-state index in [2.05, 4.69) is 0 Å². The molecule has 0 aliphatic rings. The van der Waals surface area contributed by atoms with E-state index in [0.717, 1.165) is 13.0 Å². The normalized spacial score (nSPS) is 10.9. The molecule has 1 rings (SSSR count). The summed E-state index contributed by atoms with van der Waals surface area (Å²) in [6, 6.07) is 4.57. The van der Waals surface area contributed by atoms with Crippen LogP contribution in [0.5, 0.6) is 0 Å². The second-order valence-corrected chi connectivity index (χ2v) is 4.22. The van der Waals surface area contributed by atoms with Gasteiger partial charge in [-0.2, -0.15) is 0 Å². The van der Waals surface area contributed by atoms with Gasteiger partial charge in [0.15, 0.2) is 0 Å². The van der Waals surface area contributed by atoms with Gasteiger partial charge < -0.3 is 10.8 Å². The lowest BCUT2D eigenvalue weighted by molar-refractivity contribution is 0.189. The average Bonchev–Trinajstić information content (AvgIpc) is 2.32. The molecule has 0 unspecified atom stereocenters. The maximum absolute atomic E-state index is 13.8. The number of halogens is 1. The molecule has 4 N–H and O–H groups in total. The molecule has 0 saturated carbocycles. The minimum Gasteiger partial charge on any atom is -0.395 e. The topological polar surface area (TPSA) is 73.3 Å². The Kier molecular flexibility index (Phi) is 5.74. The van der Waals surface area contributed by atoms with Crippen molar-refractivity contribution < 1.29 is 9.50 Å². The number of nitrogens with one attached hydrogen (secondary N) is 1. The van der Waals surface area contributed by atoms with Crippen LogP contribution < -0.4 is 5.73 Å². The first-order chi connectivity index (χ1) is 8.58. The first-order valence-electron chi connectivity index (χ1n) is 6.04. The number of amidine groups is 1. The number of nitrogens with zero attached hydrogens (tertiary/aromatic N) is 1. The number of aliphatic hydroxyl groups is 1. The van der Waals surface area contributed by atoms with Crippen LogP contribution in [0.2, 0.25) is 0 Å². The van der Waals surface area contributed by atoms with E-state index in [0.29, 0.717) is 24.2 Å². The van der Waals surface area contributed by atoms with Gasteiger partial charge in [0.1, 0.15) is 11.7 Å². The highest BCUT2D eigenvalue weighted by atomic mass is 19.1. The first-order valence-corrected chi connectivity index (χ1v) is 6.04. The summed E-state index contributed by atoms with van der Waals surface area (Å²) in [6.45, 7) is 3.90. The van der Waals surface area contributed by atoms with Crippen molar-refractivity contribution in [3.05, 3.63) is 35.1 Å². The second kappa shape index (κ2) is 7.08. The van der Waals surface area contributed by atoms with Gasteiger partial charge in [0.25, 0.3) is 0 Å². The van der Waals surface area contributed by atoms with Crippen molar-refractivity contribution in [1.82, 2.24) is 4.90 Å². The summed E-state index contributed by atoms with van der Waals surface area (Å²) >= 11 is 0. The van der Waals surface area contributed by atoms with Gasteiger partial charge in [-0.3, -0.25) is 10.3 Å². The molecule has 100 valence electrons. The SMILES string of the molecule is CCCN(CCO)Cc1ccc(C(=N)N)cc1F. The van der Waals surface area contributed by atoms with Gasteiger partial charge in [-0.15, -0.1) is 0 Å². The van der Waals surface area contributed by atoms with E-state index >= 15 is 0 Å². The minimum atomic E-state index is -0.359. The lowest BCUT2D eigenvalue weighted by Crippen LogP contribution is -2.27. The molecule has 4 nitrogen and oxygen atoms in total. The van der Waals surface area contributed by atoms with E-state index in [1.54, 1.807) is 12.1 Å². The standard InChI is InChI=1S/C13H20FN3O/c1-2-5-17(6-7-18)9-11-4-3-10(13(15)16)8-12(11)14/h3-4,8,18H,2,5-7,9H2,1H3,(H3,15,16). The number of nitrogen functional groups attached to an aromatic ring is 1. The maximum Gasteiger partial charge on any atom is 0.128 e. The van der Waals surface area contributed by atoms with Crippen LogP contribution in [0.25, 0.3) is 0 Å². The van der Waals surface area contributed by atoms with E-state index in [4.69, 9.17) is 16.2 Å². The molecule has 0 aromatic heterocycles. The fourth-order valence-corrected chi connectivity index (χ4v) is 1.81. The van der Waals surface area contributed by atoms with Gasteiger partial charge in [0.2, 0.25) is 0 Å². The summed E-state index contributed by atoms with van der Waals surface area (Å²) in [4.78, 5) is 1.99. The molecule has 0 bridgehead atoms. The molecule has 0 spiro atoms. The van der Waals surface area contributed by atoms with Crippen LogP contribution in [0.3, 0.4) is 0 Å². The summed E-state index contributed by atoms with van der Waals surface area (Å²) in [7, 11) is 0. The molecule has 0 radical (unpaired) electrons. The predicted molar refractivity (Wildman–Crippen MR) is 70.1 cm³/mol. The van der Waals surface area contributed by atoms with Crippen LogP contribution in [-0.2, 0) is 6.54 Å². The molecule has 0 atom stereocenters. The highest BCUT2D eigenvalue weighted by Gasteiger charge is 2.09. The van der Waals surface area contributed by atoms with Gasteiger partial charge in [-0.05, 0) is 19.0 Å². The molecule has 0 fully saturated rings. The third-order valence-corrected chi connectivity index (χ3v) is 2.71. The minimum absolute atomic E-state index is 0.0626. The number of hydrogen-bond acceptors (Lipinski definition) is 3. The van der Waals surface area contributed by atoms with E-state index < -0.39 is 0 Å². The van der Waals surface area contributed by atoms with Gasteiger partial charge in [-0.1, -0.05) is 19.1 Å². The van der Waals surface area contributed by atoms with Gasteiger partial charge in [-0.25, -0.2) is 4.39 Å². The van der Waals surface area contributed by atoms with Crippen LogP contribution in [0.15, 0.2) is 18.2 Å². The summed E-state index contributed by atoms with van der Waals surface area (Å²) < 4.78 is 13.8. The van der Waals surface area contributed by atoms with E-state index in [1.807, 2.05) is 11.8 Å². The molecule has 0 aliphatic carbocycles. The second-order valence-electron chi connectivity index (χ2n) is 4.22. The van der Waals surface area contributed by atoms with Crippen molar-refractivity contribution in [3.8, 4) is 0 Å². The maximum atomic E-state index is 13.8. The number of nitrogens with two attached hydrogens (primary N) is 1. The molecule has 5 heteroatoms. The van der Waals surface area contributed by atoms with Gasteiger partial charge >= 0.3 is 0 Å². The largest absolute Gasteiger partial charge is 0.395 e. The smallest absolute Gasteiger partial charge is 0.128 e. The molecular weight excluding hydrogens is 233 g/mol. The monoisotopic (exact) mass is 253 g/mol. The van der Waals surface area contributed by atoms with Crippen molar-refractivity contribution in [2.75, 3.05) is 19.7 Å². The Morgan fingerprint density at radius 1 is 1.44 bits per heavy atom. The van der Waals surface area contributed by atoms with Crippen LogP contribution in [0.1, 0.15) is 24.5 Å². The third-order valence-electron chi connectivity index (χ3n) is 2.71. The van der Waals surface area contributed by atoms with Crippen molar-refractivity contribution in [2.45, 2.75) is 19.9 Å². The van der Waals surface area contributed by atoms with Crippen LogP contribution in [0.4, 0.5) is 4.39 Å². The van der Waals surface area contributed by atoms with Crippen LogP contribution in [0, 0.1) is 11.2 Å². The Morgan fingerprint density at radius 3 is 2.67 bits per heavy atom. The Balaban J connectivity index is 2.79. The number of benzene rings is 1. The lowest BCUT2D eigenvalue weighted by Gasteiger charge is -2.21. The number of rotatable bonds is 7. The van der Waals surface area contributed by atoms with E-state index in [9.17, 15) is 4.39 Å². The Hall–Kier alpha value is -1.46. The van der Waals surface area contributed by atoms with Gasteiger partial charge in [0.05, 0.1) is 6.61 Å². The molecule has 1 aromatic carbocycles. The van der Waals surface area contributed by atoms with Crippen LogP contribution in [-0.4, -0.2) is 35.5 Å². The Morgan fingerprint density at radius 2 is 2.17 bits per heavy atom. The zero-order valence-corrected chi connectivity index (χ0v) is 10.6. The van der Waals surface area contributed by atoms with Crippen molar-refractivity contribution in [1.29, 1.82) is 5.41 Å². The molecule has 0 amide bonds. The van der Waals surface area contributed by atoms with E-state index in [-0.39, 0.29) is 18.3 Å². The molecule has 1 aromatic rings. The molecule has 0 heterocycles. The summed E-state index contributed by atoms with van der Waals surface area (Å²) in [5.41, 5.74) is 6.25. The lowest BCUT2D eigenvalue weighted by atomic mass is 10.1. The fourth-order valence-electron chi connectivity index (χ4n) is 1.81. The van der Waals surface area contributed by atoms with Crippen LogP contribution >= 0.6 is 0 Å². The fraction of sp³-hybridized carbons (Fsp3) is 0.462.